The summed E-state index contributed by atoms with van der Waals surface area (Å²) in [6.45, 7) is 0.949. The van der Waals surface area contributed by atoms with E-state index in [-0.39, 0.29) is 40.9 Å². The van der Waals surface area contributed by atoms with Crippen LogP contribution in [-0.2, 0) is 11.3 Å². The zero-order valence-electron chi connectivity index (χ0n) is 17.8. The van der Waals surface area contributed by atoms with Gasteiger partial charge in [-0.25, -0.2) is 9.67 Å². The van der Waals surface area contributed by atoms with Gasteiger partial charge in [0, 0.05) is 23.9 Å². The van der Waals surface area contributed by atoms with Crippen molar-refractivity contribution >= 4 is 0 Å². The molecule has 0 aliphatic heterocycles. The summed E-state index contributed by atoms with van der Waals surface area (Å²) < 4.78 is 77.4. The lowest BCUT2D eigenvalue weighted by atomic mass is 9.88. The summed E-state index contributed by atoms with van der Waals surface area (Å²) >= 11 is 0. The molecule has 180 valence electrons. The molecule has 1 aliphatic rings. The summed E-state index contributed by atoms with van der Waals surface area (Å²) in [5.41, 5.74) is 0.403. The summed E-state index contributed by atoms with van der Waals surface area (Å²) in [5, 5.41) is 8.20. The van der Waals surface area contributed by atoms with Gasteiger partial charge in [-0.3, -0.25) is 0 Å². The lowest BCUT2D eigenvalue weighted by molar-refractivity contribution is -0.274. The van der Waals surface area contributed by atoms with Crippen LogP contribution in [0.5, 0.6) is 5.75 Å². The Labute approximate surface area is 189 Å². The first-order chi connectivity index (χ1) is 16.1. The molecule has 4 rings (SSSR count). The number of hydrogen-bond donors (Lipinski definition) is 0. The number of alkyl halides is 5. The molecule has 1 aliphatic carbocycles. The number of hydrogen-bond acceptors (Lipinski definition) is 7. The molecule has 2 unspecified atom stereocenters. The maximum atomic E-state index is 12.6. The largest absolute Gasteiger partial charge is 0.573 e. The SMILES string of the molecule is Cc1nc(-c2nc(-c3ccc(OC(F)(F)F)cc3)no2)nn1CC1C=CC=C(OC(F)F)C1C. The normalized spacial score (nSPS) is 18.3. The molecule has 0 bridgehead atoms. The fraction of sp³-hybridized carbons (Fsp3) is 0.333. The molecular formula is C21H18F5N5O3. The van der Waals surface area contributed by atoms with Gasteiger partial charge in [0.05, 0.1) is 0 Å². The van der Waals surface area contributed by atoms with E-state index in [1.54, 1.807) is 24.6 Å². The van der Waals surface area contributed by atoms with Crippen LogP contribution in [0.25, 0.3) is 23.1 Å². The molecule has 2 aromatic heterocycles. The standard InChI is InChI=1S/C21H18F5N5O3/c1-11-14(4-3-5-16(11)32-20(22)23)10-31-12(2)27-18(29-31)19-28-17(30-34-19)13-6-8-15(9-7-13)33-21(24,25)26/h3-9,11,14,20H,10H2,1-2H3. The van der Waals surface area contributed by atoms with Crippen molar-refractivity contribution in [3.05, 3.63) is 54.1 Å². The summed E-state index contributed by atoms with van der Waals surface area (Å²) in [6.07, 6.45) is 0.252. The minimum atomic E-state index is -4.79. The van der Waals surface area contributed by atoms with Crippen LogP contribution in [-0.4, -0.2) is 37.9 Å². The van der Waals surface area contributed by atoms with Crippen molar-refractivity contribution in [2.24, 2.45) is 11.8 Å². The Hall–Kier alpha value is -3.77. The van der Waals surface area contributed by atoms with Crippen LogP contribution >= 0.6 is 0 Å². The quantitative estimate of drug-likeness (QED) is 0.430. The molecule has 2 heterocycles. The van der Waals surface area contributed by atoms with Crippen LogP contribution in [0.1, 0.15) is 12.7 Å². The van der Waals surface area contributed by atoms with Gasteiger partial charge in [0.15, 0.2) is 0 Å². The molecule has 3 aromatic rings. The van der Waals surface area contributed by atoms with Gasteiger partial charge in [-0.2, -0.15) is 13.8 Å². The molecule has 0 saturated carbocycles. The van der Waals surface area contributed by atoms with E-state index in [9.17, 15) is 22.0 Å². The second kappa shape index (κ2) is 9.23. The predicted molar refractivity (Wildman–Crippen MR) is 107 cm³/mol. The van der Waals surface area contributed by atoms with E-state index >= 15 is 0 Å². The Kier molecular flexibility index (Phi) is 6.35. The highest BCUT2D eigenvalue weighted by Gasteiger charge is 2.31. The Morgan fingerprint density at radius 2 is 1.85 bits per heavy atom. The zero-order chi connectivity index (χ0) is 24.5. The van der Waals surface area contributed by atoms with Crippen LogP contribution in [0, 0.1) is 18.8 Å². The minimum Gasteiger partial charge on any atom is -0.439 e. The van der Waals surface area contributed by atoms with Gasteiger partial charge in [-0.05, 0) is 37.3 Å². The summed E-state index contributed by atoms with van der Waals surface area (Å²) in [7, 11) is 0. The van der Waals surface area contributed by atoms with E-state index in [4.69, 9.17) is 4.52 Å². The summed E-state index contributed by atoms with van der Waals surface area (Å²) in [4.78, 5) is 8.53. The monoisotopic (exact) mass is 483 g/mol. The minimum absolute atomic E-state index is 0.0151. The first-order valence-electron chi connectivity index (χ1n) is 10.0. The highest BCUT2D eigenvalue weighted by molar-refractivity contribution is 5.57. The van der Waals surface area contributed by atoms with Crippen molar-refractivity contribution in [2.75, 3.05) is 0 Å². The first kappa shape index (κ1) is 23.4. The molecule has 0 spiro atoms. The van der Waals surface area contributed by atoms with Crippen molar-refractivity contribution in [3.8, 4) is 28.9 Å². The molecule has 0 radical (unpaired) electrons. The Morgan fingerprint density at radius 3 is 2.53 bits per heavy atom. The maximum absolute atomic E-state index is 12.6. The molecule has 2 atom stereocenters. The third-order valence-electron chi connectivity index (χ3n) is 5.14. The van der Waals surface area contributed by atoms with Gasteiger partial charge in [0.1, 0.15) is 17.3 Å². The summed E-state index contributed by atoms with van der Waals surface area (Å²) in [6, 6.07) is 4.98. The number of benzene rings is 1. The first-order valence-corrected chi connectivity index (χ1v) is 10.0. The highest BCUT2D eigenvalue weighted by Crippen LogP contribution is 2.30. The van der Waals surface area contributed by atoms with E-state index in [0.29, 0.717) is 17.9 Å². The fourth-order valence-corrected chi connectivity index (χ4v) is 3.41. The molecule has 34 heavy (non-hydrogen) atoms. The number of halogens is 5. The van der Waals surface area contributed by atoms with Gasteiger partial charge in [0.2, 0.25) is 11.6 Å². The van der Waals surface area contributed by atoms with Crippen molar-refractivity contribution in [3.63, 3.8) is 0 Å². The number of allylic oxidation sites excluding steroid dienone is 4. The van der Waals surface area contributed by atoms with Crippen LogP contribution in [0.4, 0.5) is 22.0 Å². The van der Waals surface area contributed by atoms with Crippen molar-refractivity contribution in [1.29, 1.82) is 0 Å². The van der Waals surface area contributed by atoms with E-state index < -0.39 is 13.0 Å². The highest BCUT2D eigenvalue weighted by atomic mass is 19.4. The average Bonchev–Trinajstić information content (AvgIpc) is 3.37. The molecule has 0 fully saturated rings. The van der Waals surface area contributed by atoms with Crippen molar-refractivity contribution in [1.82, 2.24) is 24.9 Å². The Balaban J connectivity index is 1.47. The van der Waals surface area contributed by atoms with Gasteiger partial charge in [-0.1, -0.05) is 24.2 Å². The number of aryl methyl sites for hydroxylation is 1. The van der Waals surface area contributed by atoms with Gasteiger partial charge in [0.25, 0.3) is 5.89 Å². The van der Waals surface area contributed by atoms with Crippen LogP contribution < -0.4 is 4.74 Å². The zero-order valence-corrected chi connectivity index (χ0v) is 17.8. The smallest absolute Gasteiger partial charge is 0.439 e. The van der Waals surface area contributed by atoms with Crippen molar-refractivity contribution in [2.45, 2.75) is 33.4 Å². The lowest BCUT2D eigenvalue weighted by Gasteiger charge is -2.26. The second-order valence-corrected chi connectivity index (χ2v) is 7.45. The molecule has 0 saturated heterocycles. The number of ether oxygens (including phenoxy) is 2. The number of rotatable bonds is 7. The second-order valence-electron chi connectivity index (χ2n) is 7.45. The fourth-order valence-electron chi connectivity index (χ4n) is 3.41. The Bertz CT molecular complexity index is 1200. The van der Waals surface area contributed by atoms with E-state index in [2.05, 4.69) is 29.7 Å². The van der Waals surface area contributed by atoms with Gasteiger partial charge < -0.3 is 14.0 Å². The predicted octanol–water partition coefficient (Wildman–Crippen LogP) is 5.15. The van der Waals surface area contributed by atoms with E-state index in [0.717, 1.165) is 12.1 Å². The van der Waals surface area contributed by atoms with Crippen LogP contribution in [0.15, 0.2) is 52.8 Å². The number of aromatic nitrogens is 5. The van der Waals surface area contributed by atoms with Gasteiger partial charge in [-0.15, -0.1) is 18.3 Å². The molecule has 0 N–H and O–H groups in total. The topological polar surface area (TPSA) is 88.1 Å². The molecule has 8 nitrogen and oxygen atoms in total. The molecule has 13 heteroatoms. The molecule has 0 amide bonds. The molecular weight excluding hydrogens is 465 g/mol. The lowest BCUT2D eigenvalue weighted by Crippen LogP contribution is -2.23. The Morgan fingerprint density at radius 1 is 1.12 bits per heavy atom. The van der Waals surface area contributed by atoms with Crippen LogP contribution in [0.2, 0.25) is 0 Å². The van der Waals surface area contributed by atoms with Crippen molar-refractivity contribution < 1.29 is 35.9 Å². The van der Waals surface area contributed by atoms with E-state index in [1.165, 1.54) is 18.2 Å². The summed E-state index contributed by atoms with van der Waals surface area (Å²) in [5.74, 6) is 0.183. The van der Waals surface area contributed by atoms with Crippen LogP contribution in [0.3, 0.4) is 0 Å². The average molecular weight is 483 g/mol. The van der Waals surface area contributed by atoms with Gasteiger partial charge >= 0.3 is 13.0 Å². The number of nitrogens with zero attached hydrogens (tertiary/aromatic N) is 5. The van der Waals surface area contributed by atoms with E-state index in [1.807, 2.05) is 6.08 Å². The third-order valence-corrected chi connectivity index (χ3v) is 5.14. The third kappa shape index (κ3) is 5.41. The maximum Gasteiger partial charge on any atom is 0.573 e. The molecule has 1 aromatic carbocycles.